The molecule has 46 heavy (non-hydrogen) atoms. The zero-order valence-corrected chi connectivity index (χ0v) is 26.8. The van der Waals surface area contributed by atoms with E-state index >= 15 is 0 Å². The van der Waals surface area contributed by atoms with E-state index in [1.54, 1.807) is 48.8 Å². The normalized spacial score (nSPS) is 11.8. The van der Waals surface area contributed by atoms with Gasteiger partial charge >= 0.3 is 5.97 Å². The monoisotopic (exact) mass is 644 g/mol. The highest BCUT2D eigenvalue weighted by Gasteiger charge is 2.27. The van der Waals surface area contributed by atoms with Gasteiger partial charge in [-0.25, -0.2) is 9.78 Å². The van der Waals surface area contributed by atoms with Crippen LogP contribution < -0.4 is 25.8 Å². The molecule has 2 amide bonds. The van der Waals surface area contributed by atoms with Crippen LogP contribution in [0, 0.1) is 0 Å². The van der Waals surface area contributed by atoms with Crippen molar-refractivity contribution in [2.45, 2.75) is 26.3 Å². The number of nitrogens with two attached hydrogens (primary N) is 1. The molecule has 5 rings (SSSR count). The van der Waals surface area contributed by atoms with Crippen molar-refractivity contribution in [3.05, 3.63) is 82.0 Å². The fourth-order valence-electron chi connectivity index (χ4n) is 5.05. The molecule has 1 aliphatic heterocycles. The summed E-state index contributed by atoms with van der Waals surface area (Å²) in [6, 6.07) is 14.0. The van der Waals surface area contributed by atoms with Gasteiger partial charge in [0.05, 0.1) is 26.0 Å². The molecule has 1 aliphatic rings. The quantitative estimate of drug-likeness (QED) is 0.142. The molecular formula is C34H36N4O7S. The summed E-state index contributed by atoms with van der Waals surface area (Å²) in [5.41, 5.74) is 9.89. The van der Waals surface area contributed by atoms with Gasteiger partial charge < -0.3 is 35.3 Å². The molecule has 0 saturated heterocycles. The summed E-state index contributed by atoms with van der Waals surface area (Å²) in [5, 5.41) is 7.77. The number of methoxy groups -OCH3 is 2. The van der Waals surface area contributed by atoms with E-state index < -0.39 is 17.8 Å². The van der Waals surface area contributed by atoms with Crippen molar-refractivity contribution in [3.8, 4) is 33.1 Å². The van der Waals surface area contributed by atoms with Crippen LogP contribution in [0.25, 0.3) is 21.6 Å². The van der Waals surface area contributed by atoms with Gasteiger partial charge in [-0.3, -0.25) is 9.59 Å². The molecule has 0 aliphatic carbocycles. The van der Waals surface area contributed by atoms with E-state index in [0.29, 0.717) is 61.0 Å². The second-order valence-electron chi connectivity index (χ2n) is 10.4. The summed E-state index contributed by atoms with van der Waals surface area (Å²) in [7, 11) is 2.81. The average Bonchev–Trinajstić information content (AvgIpc) is 3.48. The van der Waals surface area contributed by atoms with Crippen LogP contribution in [0.15, 0.2) is 53.9 Å². The fraction of sp³-hybridized carbons (Fsp3) is 0.294. The SMILES string of the molecule is CCCNC(=O)c1ccc(-c2cc3c(cc2C(=O)Nc2ccc(CN)cc2OCCOC)-c2sccc2CCO3)c(C(=O)OC)n1. The number of carbonyl (C=O) groups excluding carboxylic acids is 3. The van der Waals surface area contributed by atoms with Crippen LogP contribution in [0.3, 0.4) is 0 Å². The Kier molecular flexibility index (Phi) is 10.6. The average molecular weight is 645 g/mol. The van der Waals surface area contributed by atoms with E-state index in [4.69, 9.17) is 24.7 Å². The van der Waals surface area contributed by atoms with Crippen LogP contribution in [0.5, 0.6) is 11.5 Å². The van der Waals surface area contributed by atoms with Gasteiger partial charge in [-0.05, 0) is 65.4 Å². The van der Waals surface area contributed by atoms with E-state index in [1.807, 2.05) is 18.4 Å². The maximum absolute atomic E-state index is 14.3. The number of anilines is 1. The van der Waals surface area contributed by atoms with E-state index in [0.717, 1.165) is 28.0 Å². The van der Waals surface area contributed by atoms with Gasteiger partial charge in [0.1, 0.15) is 23.8 Å². The summed E-state index contributed by atoms with van der Waals surface area (Å²) in [5.74, 6) is -0.641. The summed E-state index contributed by atoms with van der Waals surface area (Å²) in [6.07, 6.45) is 1.44. The van der Waals surface area contributed by atoms with E-state index in [9.17, 15) is 14.4 Å². The standard InChI is InChI=1S/C34H36N4O7S/c1-4-11-36-33(40)27-8-6-22(30(37-27)34(41)43-3)23-18-28-25(31-21(9-12-44-28)10-15-46-31)17-24(23)32(39)38-26-7-5-20(19-35)16-29(26)45-14-13-42-2/h5-8,10,15-18H,4,9,11-14,19,35H2,1-3H3,(H,36,40)(H,38,39). The van der Waals surface area contributed by atoms with Crippen molar-refractivity contribution in [3.63, 3.8) is 0 Å². The number of rotatable bonds is 12. The van der Waals surface area contributed by atoms with Crippen LogP contribution in [-0.4, -0.2) is 63.4 Å². The third kappa shape index (κ3) is 7.04. The molecule has 240 valence electrons. The number of pyridine rings is 1. The van der Waals surface area contributed by atoms with Crippen molar-refractivity contribution in [1.82, 2.24) is 10.3 Å². The predicted molar refractivity (Wildman–Crippen MR) is 176 cm³/mol. The first-order valence-electron chi connectivity index (χ1n) is 14.9. The largest absolute Gasteiger partial charge is 0.493 e. The molecule has 11 nitrogen and oxygen atoms in total. The second-order valence-corrected chi connectivity index (χ2v) is 11.4. The minimum atomic E-state index is -0.755. The van der Waals surface area contributed by atoms with Gasteiger partial charge in [-0.15, -0.1) is 11.3 Å². The molecule has 0 fully saturated rings. The van der Waals surface area contributed by atoms with Gasteiger partial charge in [0.25, 0.3) is 11.8 Å². The molecular weight excluding hydrogens is 608 g/mol. The van der Waals surface area contributed by atoms with Crippen molar-refractivity contribution < 1.29 is 33.3 Å². The summed E-state index contributed by atoms with van der Waals surface area (Å²) >= 11 is 1.56. The van der Waals surface area contributed by atoms with Crippen LogP contribution in [0.2, 0.25) is 0 Å². The molecule has 12 heteroatoms. The maximum Gasteiger partial charge on any atom is 0.357 e. The molecule has 0 radical (unpaired) electrons. The number of thiophene rings is 1. The summed E-state index contributed by atoms with van der Waals surface area (Å²) < 4.78 is 22.3. The number of nitrogens with zero attached hydrogens (tertiary/aromatic N) is 1. The van der Waals surface area contributed by atoms with Crippen LogP contribution in [0.1, 0.15) is 55.8 Å². The Labute approximate surface area is 271 Å². The van der Waals surface area contributed by atoms with Gasteiger partial charge in [0, 0.05) is 53.8 Å². The summed E-state index contributed by atoms with van der Waals surface area (Å²) in [4.78, 5) is 45.5. The number of amides is 2. The third-order valence-corrected chi connectivity index (χ3v) is 8.38. The van der Waals surface area contributed by atoms with Crippen LogP contribution in [-0.2, 0) is 22.4 Å². The molecule has 4 aromatic rings. The molecule has 0 atom stereocenters. The molecule has 4 N–H and O–H groups in total. The molecule has 3 heterocycles. The molecule has 0 bridgehead atoms. The van der Waals surface area contributed by atoms with Gasteiger partial charge in [-0.1, -0.05) is 13.0 Å². The lowest BCUT2D eigenvalue weighted by Gasteiger charge is -2.18. The smallest absolute Gasteiger partial charge is 0.357 e. The number of fused-ring (bicyclic) bond motifs is 3. The number of carbonyl (C=O) groups is 3. The lowest BCUT2D eigenvalue weighted by molar-refractivity contribution is 0.0594. The Bertz CT molecular complexity index is 1750. The highest BCUT2D eigenvalue weighted by Crippen LogP contribution is 2.43. The highest BCUT2D eigenvalue weighted by atomic mass is 32.1. The molecule has 0 saturated carbocycles. The zero-order valence-electron chi connectivity index (χ0n) is 25.9. The zero-order chi connectivity index (χ0) is 32.6. The number of hydrogen-bond donors (Lipinski definition) is 3. The minimum absolute atomic E-state index is 0.0516. The first-order valence-corrected chi connectivity index (χ1v) is 15.8. The highest BCUT2D eigenvalue weighted by molar-refractivity contribution is 7.13. The first kappa shape index (κ1) is 32.6. The van der Waals surface area contributed by atoms with E-state index in [1.165, 1.54) is 13.2 Å². The second kappa shape index (κ2) is 15.0. The number of ether oxygens (including phenoxy) is 4. The number of hydrogen-bond acceptors (Lipinski definition) is 10. The Hall–Kier alpha value is -4.78. The molecule has 2 aromatic heterocycles. The molecule has 2 aromatic carbocycles. The lowest BCUT2D eigenvalue weighted by Crippen LogP contribution is -2.26. The van der Waals surface area contributed by atoms with Crippen molar-refractivity contribution >= 4 is 34.8 Å². The number of nitrogens with one attached hydrogen (secondary N) is 2. The Morgan fingerprint density at radius 1 is 1.00 bits per heavy atom. The topological polar surface area (TPSA) is 151 Å². The van der Waals surface area contributed by atoms with Crippen molar-refractivity contribution in [2.75, 3.05) is 45.9 Å². The van der Waals surface area contributed by atoms with E-state index in [-0.39, 0.29) is 23.6 Å². The first-order chi connectivity index (χ1) is 22.4. The predicted octanol–water partition coefficient (Wildman–Crippen LogP) is 5.07. The van der Waals surface area contributed by atoms with Crippen LogP contribution in [0.4, 0.5) is 5.69 Å². The van der Waals surface area contributed by atoms with Gasteiger partial charge in [-0.2, -0.15) is 0 Å². The summed E-state index contributed by atoms with van der Waals surface area (Å²) in [6.45, 7) is 3.75. The van der Waals surface area contributed by atoms with Gasteiger partial charge in [0.15, 0.2) is 5.69 Å². The molecule has 0 unspecified atom stereocenters. The van der Waals surface area contributed by atoms with Crippen LogP contribution >= 0.6 is 11.3 Å². The number of aromatic nitrogens is 1. The maximum atomic E-state index is 14.3. The minimum Gasteiger partial charge on any atom is -0.493 e. The fourth-order valence-corrected chi connectivity index (χ4v) is 6.03. The Balaban J connectivity index is 1.65. The Morgan fingerprint density at radius 3 is 2.61 bits per heavy atom. The third-order valence-electron chi connectivity index (χ3n) is 7.39. The van der Waals surface area contributed by atoms with Crippen molar-refractivity contribution in [2.24, 2.45) is 5.73 Å². The Morgan fingerprint density at radius 2 is 1.85 bits per heavy atom. The lowest BCUT2D eigenvalue weighted by atomic mass is 9.93. The van der Waals surface area contributed by atoms with Crippen molar-refractivity contribution in [1.29, 1.82) is 0 Å². The number of esters is 1. The van der Waals surface area contributed by atoms with Gasteiger partial charge in [0.2, 0.25) is 0 Å². The molecule has 0 spiro atoms. The number of benzene rings is 2. The van der Waals surface area contributed by atoms with E-state index in [2.05, 4.69) is 21.7 Å².